The first-order chi connectivity index (χ1) is 16.7. The zero-order valence-electron chi connectivity index (χ0n) is 18.4. The summed E-state index contributed by atoms with van der Waals surface area (Å²) in [6, 6.07) is 6.48. The third-order valence-corrected chi connectivity index (χ3v) is 6.35. The maximum Gasteiger partial charge on any atom is 0.341 e. The van der Waals surface area contributed by atoms with Gasteiger partial charge in [0.2, 0.25) is 5.43 Å². The number of anilines is 1. The minimum Gasteiger partial charge on any atom is -0.477 e. The van der Waals surface area contributed by atoms with Gasteiger partial charge in [0.15, 0.2) is 5.82 Å². The van der Waals surface area contributed by atoms with E-state index < -0.39 is 33.5 Å². The molecule has 2 fully saturated rings. The Hall–Kier alpha value is -4.15. The third-order valence-electron chi connectivity index (χ3n) is 6.35. The number of benzene rings is 2. The van der Waals surface area contributed by atoms with Crippen molar-refractivity contribution in [2.45, 2.75) is 31.3 Å². The Morgan fingerprint density at radius 2 is 2.00 bits per heavy atom. The predicted octanol–water partition coefficient (Wildman–Crippen LogP) is 3.92. The second-order valence-corrected chi connectivity index (χ2v) is 8.75. The zero-order valence-corrected chi connectivity index (χ0v) is 18.4. The molecule has 3 aromatic rings. The van der Waals surface area contributed by atoms with Crippen molar-refractivity contribution in [2.24, 2.45) is 4.99 Å². The lowest BCUT2D eigenvalue weighted by molar-refractivity contribution is -0.384. The van der Waals surface area contributed by atoms with Crippen molar-refractivity contribution in [1.29, 1.82) is 0 Å². The van der Waals surface area contributed by atoms with Gasteiger partial charge in [-0.1, -0.05) is 12.1 Å². The number of hydrogen-bond acceptors (Lipinski definition) is 6. The van der Waals surface area contributed by atoms with Crippen LogP contribution in [0.1, 0.15) is 41.2 Å². The summed E-state index contributed by atoms with van der Waals surface area (Å²) in [5, 5.41) is 20.0. The van der Waals surface area contributed by atoms with Gasteiger partial charge in [0.25, 0.3) is 5.69 Å². The molecule has 0 amide bonds. The lowest BCUT2D eigenvalue weighted by Gasteiger charge is -2.22. The molecule has 1 saturated heterocycles. The monoisotopic (exact) mass is 482 g/mol. The fraction of sp³-hybridized carbons (Fsp3) is 0.292. The van der Waals surface area contributed by atoms with Crippen LogP contribution in [0.5, 0.6) is 0 Å². The number of carboxylic acid groups (broad SMARTS) is 1. The fourth-order valence-corrected chi connectivity index (χ4v) is 4.49. The molecule has 1 atom stereocenters. The van der Waals surface area contributed by atoms with E-state index in [0.717, 1.165) is 12.3 Å². The minimum absolute atomic E-state index is 0.0601. The van der Waals surface area contributed by atoms with Crippen molar-refractivity contribution < 1.29 is 23.6 Å². The summed E-state index contributed by atoms with van der Waals surface area (Å²) in [6.45, 7) is 0.531. The molecule has 2 aliphatic rings. The molecule has 2 aromatic carbocycles. The first kappa shape index (κ1) is 22.6. The quantitative estimate of drug-likeness (QED) is 0.323. The summed E-state index contributed by atoms with van der Waals surface area (Å²) in [5.41, 5.74) is -1.33. The van der Waals surface area contributed by atoms with Gasteiger partial charge >= 0.3 is 5.97 Å². The molecule has 5 rings (SSSR count). The number of carbonyl (C=O) groups is 1. The summed E-state index contributed by atoms with van der Waals surface area (Å²) in [5.74, 6) is -3.29. The third kappa shape index (κ3) is 4.13. The molecular formula is C24H20F2N4O5. The number of non-ortho nitro benzene ring substituents is 1. The molecule has 1 aliphatic heterocycles. The van der Waals surface area contributed by atoms with Crippen LogP contribution >= 0.6 is 0 Å². The van der Waals surface area contributed by atoms with Gasteiger partial charge in [0.1, 0.15) is 17.1 Å². The molecule has 1 N–H and O–H groups in total. The molecule has 35 heavy (non-hydrogen) atoms. The number of aliphatic imine (C=N–C) groups is 1. The van der Waals surface area contributed by atoms with Crippen LogP contribution in [-0.4, -0.2) is 45.9 Å². The normalized spacial score (nSPS) is 18.0. The van der Waals surface area contributed by atoms with E-state index >= 15 is 8.78 Å². The molecule has 1 aromatic heterocycles. The number of rotatable bonds is 6. The van der Waals surface area contributed by atoms with Gasteiger partial charge in [-0.2, -0.15) is 0 Å². The van der Waals surface area contributed by atoms with Gasteiger partial charge in [-0.15, -0.1) is 0 Å². The molecule has 1 unspecified atom stereocenters. The molecule has 0 spiro atoms. The van der Waals surface area contributed by atoms with Crippen molar-refractivity contribution in [2.75, 3.05) is 18.0 Å². The number of pyridine rings is 1. The lowest BCUT2D eigenvalue weighted by Crippen LogP contribution is -2.25. The topological polar surface area (TPSA) is 118 Å². The number of nitrogens with zero attached hydrogens (tertiary/aromatic N) is 4. The fourth-order valence-electron chi connectivity index (χ4n) is 4.49. The molecule has 9 nitrogen and oxygen atoms in total. The molecule has 11 heteroatoms. The van der Waals surface area contributed by atoms with Crippen LogP contribution in [-0.2, 0) is 0 Å². The van der Waals surface area contributed by atoms with E-state index in [4.69, 9.17) is 0 Å². The van der Waals surface area contributed by atoms with Gasteiger partial charge < -0.3 is 14.6 Å². The van der Waals surface area contributed by atoms with Gasteiger partial charge in [0.05, 0.1) is 21.9 Å². The van der Waals surface area contributed by atoms with Crippen LogP contribution in [0, 0.1) is 21.7 Å². The number of aromatic nitrogens is 1. The van der Waals surface area contributed by atoms with Gasteiger partial charge in [-0.25, -0.2) is 13.6 Å². The Labute approximate surface area is 197 Å². The van der Waals surface area contributed by atoms with E-state index in [9.17, 15) is 24.8 Å². The number of hydrogen-bond donors (Lipinski definition) is 1. The summed E-state index contributed by atoms with van der Waals surface area (Å²) in [7, 11) is 0. The van der Waals surface area contributed by atoms with E-state index in [1.165, 1.54) is 27.8 Å². The van der Waals surface area contributed by atoms with Crippen LogP contribution in [0.2, 0.25) is 0 Å². The highest BCUT2D eigenvalue weighted by molar-refractivity contribution is 5.94. The number of halogens is 2. The molecule has 1 aliphatic carbocycles. The van der Waals surface area contributed by atoms with Crippen molar-refractivity contribution in [3.63, 3.8) is 0 Å². The molecule has 1 saturated carbocycles. The van der Waals surface area contributed by atoms with E-state index in [0.29, 0.717) is 31.4 Å². The number of nitro groups is 1. The first-order valence-corrected chi connectivity index (χ1v) is 11.1. The maximum atomic E-state index is 15.8. The summed E-state index contributed by atoms with van der Waals surface area (Å²) in [6.07, 6.45) is 4.58. The van der Waals surface area contributed by atoms with Crippen molar-refractivity contribution in [3.05, 3.63) is 79.6 Å². The summed E-state index contributed by atoms with van der Waals surface area (Å²) in [4.78, 5) is 40.5. The Bertz CT molecular complexity index is 1460. The van der Waals surface area contributed by atoms with E-state index in [-0.39, 0.29) is 40.9 Å². The number of aromatic carboxylic acids is 1. The number of carboxylic acids is 1. The van der Waals surface area contributed by atoms with E-state index in [2.05, 4.69) is 4.99 Å². The SMILES string of the molecule is O=C(O)c1cn(C2CC2)c2c(F)c(N3CCC(N=Cc4cccc([N+](=O)[O-])c4)C3)c(F)cc2c1=O. The van der Waals surface area contributed by atoms with Gasteiger partial charge in [-0.3, -0.25) is 19.9 Å². The second-order valence-electron chi connectivity index (χ2n) is 8.75. The Kier molecular flexibility index (Phi) is 5.54. The maximum absolute atomic E-state index is 15.8. The number of fused-ring (bicyclic) bond motifs is 1. The molecule has 2 heterocycles. The lowest BCUT2D eigenvalue weighted by atomic mass is 10.1. The predicted molar refractivity (Wildman–Crippen MR) is 125 cm³/mol. The standard InChI is InChI=1S/C24H20F2N4O5/c25-19-9-17-21(29(15-4-5-15)12-18(23(17)31)24(32)33)20(26)22(19)28-7-6-14(11-28)27-10-13-2-1-3-16(8-13)30(34)35/h1-3,8-10,12,14-15H,4-7,11H2,(H,32,33). The van der Waals surface area contributed by atoms with Crippen molar-refractivity contribution in [3.8, 4) is 0 Å². The van der Waals surface area contributed by atoms with Crippen LogP contribution < -0.4 is 10.3 Å². The first-order valence-electron chi connectivity index (χ1n) is 11.1. The largest absolute Gasteiger partial charge is 0.477 e. The van der Waals surface area contributed by atoms with E-state index in [1.807, 2.05) is 0 Å². The average Bonchev–Trinajstić information content (AvgIpc) is 3.56. The van der Waals surface area contributed by atoms with Crippen LogP contribution in [0.25, 0.3) is 10.9 Å². The smallest absolute Gasteiger partial charge is 0.341 e. The molecule has 0 radical (unpaired) electrons. The molecule has 0 bridgehead atoms. The van der Waals surface area contributed by atoms with Crippen LogP contribution in [0.3, 0.4) is 0 Å². The van der Waals surface area contributed by atoms with Gasteiger partial charge in [0, 0.05) is 43.7 Å². The van der Waals surface area contributed by atoms with E-state index in [1.54, 1.807) is 12.1 Å². The van der Waals surface area contributed by atoms with Crippen LogP contribution in [0.15, 0.2) is 46.3 Å². The Morgan fingerprint density at radius 3 is 2.69 bits per heavy atom. The molecule has 180 valence electrons. The highest BCUT2D eigenvalue weighted by Crippen LogP contribution is 2.40. The minimum atomic E-state index is -1.44. The van der Waals surface area contributed by atoms with Crippen LogP contribution in [0.4, 0.5) is 20.2 Å². The summed E-state index contributed by atoms with van der Waals surface area (Å²) >= 11 is 0. The highest BCUT2D eigenvalue weighted by Gasteiger charge is 2.32. The zero-order chi connectivity index (χ0) is 24.9. The summed E-state index contributed by atoms with van der Waals surface area (Å²) < 4.78 is 32.3. The van der Waals surface area contributed by atoms with Gasteiger partial charge in [-0.05, 0) is 30.9 Å². The van der Waals surface area contributed by atoms with Crippen molar-refractivity contribution >= 4 is 34.5 Å². The Morgan fingerprint density at radius 1 is 1.23 bits per heavy atom. The molecular weight excluding hydrogens is 462 g/mol. The average molecular weight is 482 g/mol. The second kappa shape index (κ2) is 8.57. The number of nitro benzene ring substituents is 1. The Balaban J connectivity index is 1.48. The van der Waals surface area contributed by atoms with Crippen molar-refractivity contribution in [1.82, 2.24) is 4.57 Å². The highest BCUT2D eigenvalue weighted by atomic mass is 19.1.